The summed E-state index contributed by atoms with van der Waals surface area (Å²) in [6.45, 7) is 0. The lowest BCUT2D eigenvalue weighted by molar-refractivity contribution is -0.136. The molecule has 0 bridgehead atoms. The number of rotatable bonds is 0. The Hall–Kier alpha value is -0.330. The zero-order chi connectivity index (χ0) is 11.1. The average Bonchev–Trinajstić information content (AvgIpc) is 2.59. The van der Waals surface area contributed by atoms with Crippen LogP contribution in [-0.4, -0.2) is 5.78 Å². The van der Waals surface area contributed by atoms with Crippen molar-refractivity contribution in [2.24, 2.45) is 10.8 Å². The third kappa shape index (κ3) is 1.47. The lowest BCUT2D eigenvalue weighted by Gasteiger charge is -2.37. The summed E-state index contributed by atoms with van der Waals surface area (Å²) in [6, 6.07) is 0. The van der Waals surface area contributed by atoms with E-state index in [1.54, 1.807) is 0 Å². The molecule has 0 N–H and O–H groups in total. The van der Waals surface area contributed by atoms with Crippen molar-refractivity contribution in [2.75, 3.05) is 0 Å². The number of ketones is 1. The van der Waals surface area contributed by atoms with E-state index in [9.17, 15) is 4.79 Å². The fourth-order valence-electron chi connectivity index (χ4n) is 4.68. The number of hydrogen-bond donors (Lipinski definition) is 0. The van der Waals surface area contributed by atoms with Gasteiger partial charge in [-0.2, -0.15) is 0 Å². The molecule has 0 radical (unpaired) electrons. The summed E-state index contributed by atoms with van der Waals surface area (Å²) < 4.78 is 0. The maximum absolute atomic E-state index is 12.9. The first kappa shape index (κ1) is 10.8. The molecule has 0 amide bonds. The highest BCUT2D eigenvalue weighted by Crippen LogP contribution is 2.58. The van der Waals surface area contributed by atoms with Gasteiger partial charge < -0.3 is 0 Å². The molecule has 3 fully saturated rings. The molecule has 2 spiro atoms. The fourth-order valence-corrected chi connectivity index (χ4v) is 4.68. The zero-order valence-corrected chi connectivity index (χ0v) is 10.4. The van der Waals surface area contributed by atoms with Gasteiger partial charge in [-0.3, -0.25) is 4.79 Å². The van der Waals surface area contributed by atoms with Crippen LogP contribution in [0.4, 0.5) is 0 Å². The first-order valence-electron chi connectivity index (χ1n) is 7.33. The van der Waals surface area contributed by atoms with Crippen LogP contribution in [0.3, 0.4) is 0 Å². The van der Waals surface area contributed by atoms with E-state index in [-0.39, 0.29) is 10.8 Å². The smallest absolute Gasteiger partial charge is 0.145 e. The maximum Gasteiger partial charge on any atom is 0.145 e. The SMILES string of the molecule is O=C1C2(CCCCC2)CCC12CCCCC2. The zero-order valence-electron chi connectivity index (χ0n) is 10.4. The number of carbonyl (C=O) groups excluding carboxylic acids is 1. The van der Waals surface area contributed by atoms with Gasteiger partial charge in [-0.1, -0.05) is 38.5 Å². The molecule has 3 aliphatic rings. The molecule has 3 rings (SSSR count). The molecule has 3 aliphatic carbocycles. The monoisotopic (exact) mass is 220 g/mol. The molecule has 3 saturated carbocycles. The van der Waals surface area contributed by atoms with Gasteiger partial charge >= 0.3 is 0 Å². The van der Waals surface area contributed by atoms with Gasteiger partial charge in [0.15, 0.2) is 0 Å². The van der Waals surface area contributed by atoms with E-state index in [1.807, 2.05) is 0 Å². The van der Waals surface area contributed by atoms with E-state index in [1.165, 1.54) is 77.0 Å². The Bertz CT molecular complexity index is 252. The van der Waals surface area contributed by atoms with Crippen LogP contribution in [0.25, 0.3) is 0 Å². The van der Waals surface area contributed by atoms with E-state index >= 15 is 0 Å². The average molecular weight is 220 g/mol. The standard InChI is InChI=1S/C15H24O/c16-13-14(7-3-1-4-8-14)11-12-15(13)9-5-2-6-10-15/h1-12H2. The molecule has 0 heterocycles. The Morgan fingerprint density at radius 2 is 0.938 bits per heavy atom. The second-order valence-corrected chi connectivity index (χ2v) is 6.51. The van der Waals surface area contributed by atoms with Crippen molar-refractivity contribution in [1.82, 2.24) is 0 Å². The molecule has 0 aromatic heterocycles. The summed E-state index contributed by atoms with van der Waals surface area (Å²) in [4.78, 5) is 12.9. The van der Waals surface area contributed by atoms with Crippen LogP contribution in [0.1, 0.15) is 77.0 Å². The Kier molecular flexibility index (Phi) is 2.60. The molecule has 16 heavy (non-hydrogen) atoms. The van der Waals surface area contributed by atoms with Crippen molar-refractivity contribution in [1.29, 1.82) is 0 Å². The van der Waals surface area contributed by atoms with Crippen molar-refractivity contribution in [3.8, 4) is 0 Å². The van der Waals surface area contributed by atoms with Gasteiger partial charge in [0, 0.05) is 10.8 Å². The third-order valence-corrected chi connectivity index (χ3v) is 5.67. The Morgan fingerprint density at radius 1 is 0.562 bits per heavy atom. The summed E-state index contributed by atoms with van der Waals surface area (Å²) in [5.41, 5.74) is 0.325. The van der Waals surface area contributed by atoms with Crippen LogP contribution in [0.15, 0.2) is 0 Å². The van der Waals surface area contributed by atoms with Gasteiger partial charge in [-0.05, 0) is 38.5 Å². The van der Waals surface area contributed by atoms with E-state index in [2.05, 4.69) is 0 Å². The van der Waals surface area contributed by atoms with E-state index in [0.717, 1.165) is 0 Å². The molecule has 0 aromatic rings. The summed E-state index contributed by atoms with van der Waals surface area (Å²) in [7, 11) is 0. The second kappa shape index (κ2) is 3.85. The molecular weight excluding hydrogens is 196 g/mol. The molecular formula is C15H24O. The highest BCUT2D eigenvalue weighted by molar-refractivity contribution is 5.92. The Balaban J connectivity index is 1.82. The molecule has 0 saturated heterocycles. The number of Topliss-reactive ketones (excluding diaryl/α,β-unsaturated/α-hetero) is 1. The summed E-state index contributed by atoms with van der Waals surface area (Å²) >= 11 is 0. The summed E-state index contributed by atoms with van der Waals surface area (Å²) in [6.07, 6.45) is 15.3. The van der Waals surface area contributed by atoms with Crippen LogP contribution in [-0.2, 0) is 4.79 Å². The fraction of sp³-hybridized carbons (Fsp3) is 0.933. The normalized spacial score (nSPS) is 32.4. The lowest BCUT2D eigenvalue weighted by atomic mass is 9.66. The highest BCUT2D eigenvalue weighted by Gasteiger charge is 2.55. The maximum atomic E-state index is 12.9. The predicted molar refractivity (Wildman–Crippen MR) is 65.3 cm³/mol. The van der Waals surface area contributed by atoms with Gasteiger partial charge in [-0.25, -0.2) is 0 Å². The molecule has 0 atom stereocenters. The highest BCUT2D eigenvalue weighted by atomic mass is 16.1. The Morgan fingerprint density at radius 3 is 1.31 bits per heavy atom. The van der Waals surface area contributed by atoms with E-state index in [0.29, 0.717) is 5.78 Å². The van der Waals surface area contributed by atoms with Gasteiger partial charge in [0.2, 0.25) is 0 Å². The molecule has 0 aliphatic heterocycles. The molecule has 90 valence electrons. The van der Waals surface area contributed by atoms with Gasteiger partial charge in [0.05, 0.1) is 0 Å². The van der Waals surface area contributed by atoms with Gasteiger partial charge in [0.25, 0.3) is 0 Å². The van der Waals surface area contributed by atoms with Crippen LogP contribution in [0.2, 0.25) is 0 Å². The van der Waals surface area contributed by atoms with Crippen LogP contribution < -0.4 is 0 Å². The van der Waals surface area contributed by atoms with E-state index in [4.69, 9.17) is 0 Å². The largest absolute Gasteiger partial charge is 0.298 e. The minimum absolute atomic E-state index is 0.162. The number of carbonyl (C=O) groups is 1. The molecule has 0 aromatic carbocycles. The van der Waals surface area contributed by atoms with Crippen LogP contribution >= 0.6 is 0 Å². The van der Waals surface area contributed by atoms with Crippen molar-refractivity contribution >= 4 is 5.78 Å². The van der Waals surface area contributed by atoms with Crippen molar-refractivity contribution < 1.29 is 4.79 Å². The lowest BCUT2D eigenvalue weighted by Crippen LogP contribution is -2.38. The van der Waals surface area contributed by atoms with Gasteiger partial charge in [-0.15, -0.1) is 0 Å². The quantitative estimate of drug-likeness (QED) is 0.596. The second-order valence-electron chi connectivity index (χ2n) is 6.51. The Labute approximate surface area is 99.0 Å². The topological polar surface area (TPSA) is 17.1 Å². The minimum Gasteiger partial charge on any atom is -0.298 e. The first-order chi connectivity index (χ1) is 7.78. The summed E-state index contributed by atoms with van der Waals surface area (Å²) in [5, 5.41) is 0. The van der Waals surface area contributed by atoms with Crippen LogP contribution in [0, 0.1) is 10.8 Å². The minimum atomic E-state index is 0.162. The van der Waals surface area contributed by atoms with Crippen molar-refractivity contribution in [3.05, 3.63) is 0 Å². The molecule has 1 heteroatoms. The molecule has 0 unspecified atom stereocenters. The van der Waals surface area contributed by atoms with Crippen molar-refractivity contribution in [2.45, 2.75) is 77.0 Å². The molecule has 1 nitrogen and oxygen atoms in total. The number of hydrogen-bond acceptors (Lipinski definition) is 1. The van der Waals surface area contributed by atoms with Crippen molar-refractivity contribution in [3.63, 3.8) is 0 Å². The third-order valence-electron chi connectivity index (χ3n) is 5.67. The van der Waals surface area contributed by atoms with Gasteiger partial charge in [0.1, 0.15) is 5.78 Å². The van der Waals surface area contributed by atoms with Crippen LogP contribution in [0.5, 0.6) is 0 Å². The first-order valence-corrected chi connectivity index (χ1v) is 7.33. The van der Waals surface area contributed by atoms with E-state index < -0.39 is 0 Å². The predicted octanol–water partition coefficient (Wildman–Crippen LogP) is 4.25. The summed E-state index contributed by atoms with van der Waals surface area (Å²) in [5.74, 6) is 0.708.